The van der Waals surface area contributed by atoms with Crippen LogP contribution in [0, 0.1) is 11.8 Å². The Balaban J connectivity index is 1.56. The Morgan fingerprint density at radius 1 is 1.29 bits per heavy atom. The number of carbonyl (C=O) groups is 1. The highest BCUT2D eigenvalue weighted by Gasteiger charge is 2.39. The Labute approximate surface area is 148 Å². The van der Waals surface area contributed by atoms with Crippen molar-refractivity contribution in [3.8, 4) is 5.75 Å². The molecule has 2 aliphatic carbocycles. The summed E-state index contributed by atoms with van der Waals surface area (Å²) in [6.45, 7) is 0.556. The van der Waals surface area contributed by atoms with E-state index in [1.165, 1.54) is 39.9 Å². The predicted octanol–water partition coefficient (Wildman–Crippen LogP) is 2.63. The van der Waals surface area contributed by atoms with Gasteiger partial charge in [0.05, 0.1) is 14.2 Å². The normalized spacial score (nSPS) is 24.5. The van der Waals surface area contributed by atoms with Crippen LogP contribution in [0.5, 0.6) is 5.75 Å². The molecule has 130 valence electrons. The molecule has 2 aliphatic rings. The van der Waals surface area contributed by atoms with Crippen molar-refractivity contribution in [1.29, 1.82) is 0 Å². The Hall–Kier alpha value is -1.82. The third-order valence-electron chi connectivity index (χ3n) is 5.18. The van der Waals surface area contributed by atoms with Crippen LogP contribution in [0.2, 0.25) is 0 Å². The fourth-order valence-electron chi connectivity index (χ4n) is 3.96. The SMILES string of the molecule is COC(=O)c1cc(CNC(=S)NC2CC3CCC2C3)ccc1OC. The molecule has 0 aromatic heterocycles. The van der Waals surface area contributed by atoms with Gasteiger partial charge in [-0.1, -0.05) is 12.5 Å². The van der Waals surface area contributed by atoms with E-state index in [9.17, 15) is 4.79 Å². The van der Waals surface area contributed by atoms with Crippen LogP contribution in [-0.4, -0.2) is 31.3 Å². The van der Waals surface area contributed by atoms with Crippen molar-refractivity contribution < 1.29 is 14.3 Å². The van der Waals surface area contributed by atoms with Crippen molar-refractivity contribution in [3.05, 3.63) is 29.3 Å². The van der Waals surface area contributed by atoms with Crippen LogP contribution in [0.25, 0.3) is 0 Å². The summed E-state index contributed by atoms with van der Waals surface area (Å²) in [5.41, 5.74) is 1.37. The molecule has 1 aromatic rings. The van der Waals surface area contributed by atoms with Crippen LogP contribution in [0.1, 0.15) is 41.6 Å². The second-order valence-corrected chi connectivity index (χ2v) is 7.04. The lowest BCUT2D eigenvalue weighted by molar-refractivity contribution is 0.0597. The van der Waals surface area contributed by atoms with Crippen molar-refractivity contribution in [2.75, 3.05) is 14.2 Å². The summed E-state index contributed by atoms with van der Waals surface area (Å²) in [6.07, 6.45) is 5.29. The molecule has 2 fully saturated rings. The Morgan fingerprint density at radius 3 is 2.75 bits per heavy atom. The number of ether oxygens (including phenoxy) is 2. The average Bonchev–Trinajstić information content (AvgIpc) is 3.22. The third kappa shape index (κ3) is 3.64. The van der Waals surface area contributed by atoms with Crippen LogP contribution in [0.15, 0.2) is 18.2 Å². The van der Waals surface area contributed by atoms with E-state index in [1.807, 2.05) is 6.07 Å². The zero-order valence-electron chi connectivity index (χ0n) is 14.1. The third-order valence-corrected chi connectivity index (χ3v) is 5.44. The number of fused-ring (bicyclic) bond motifs is 2. The van der Waals surface area contributed by atoms with Crippen molar-refractivity contribution in [3.63, 3.8) is 0 Å². The maximum atomic E-state index is 11.8. The molecule has 0 aliphatic heterocycles. The van der Waals surface area contributed by atoms with Gasteiger partial charge in [-0.25, -0.2) is 4.79 Å². The Bertz CT molecular complexity index is 635. The van der Waals surface area contributed by atoms with E-state index >= 15 is 0 Å². The molecule has 3 unspecified atom stereocenters. The van der Waals surface area contributed by atoms with Gasteiger partial charge in [-0.3, -0.25) is 0 Å². The molecule has 1 aromatic carbocycles. The number of thiocarbonyl (C=S) groups is 1. The summed E-state index contributed by atoms with van der Waals surface area (Å²) >= 11 is 5.42. The van der Waals surface area contributed by atoms with Crippen LogP contribution in [-0.2, 0) is 11.3 Å². The van der Waals surface area contributed by atoms with E-state index in [-0.39, 0.29) is 0 Å². The number of benzene rings is 1. The number of carbonyl (C=O) groups excluding carboxylic acids is 1. The first-order valence-electron chi connectivity index (χ1n) is 8.40. The molecule has 2 saturated carbocycles. The molecule has 0 heterocycles. The molecule has 6 heteroatoms. The average molecular weight is 348 g/mol. The highest BCUT2D eigenvalue weighted by Crippen LogP contribution is 2.44. The number of nitrogens with one attached hydrogen (secondary N) is 2. The van der Waals surface area contributed by atoms with E-state index in [0.29, 0.717) is 29.0 Å². The molecule has 2 N–H and O–H groups in total. The van der Waals surface area contributed by atoms with Crippen LogP contribution in [0.3, 0.4) is 0 Å². The summed E-state index contributed by atoms with van der Waals surface area (Å²) in [4.78, 5) is 11.8. The number of rotatable bonds is 5. The number of hydrogen-bond donors (Lipinski definition) is 2. The van der Waals surface area contributed by atoms with Gasteiger partial charge >= 0.3 is 5.97 Å². The van der Waals surface area contributed by atoms with Gasteiger partial charge in [-0.2, -0.15) is 0 Å². The van der Waals surface area contributed by atoms with Crippen molar-refractivity contribution in [2.45, 2.75) is 38.3 Å². The number of methoxy groups -OCH3 is 2. The largest absolute Gasteiger partial charge is 0.496 e. The zero-order valence-corrected chi connectivity index (χ0v) is 14.9. The van der Waals surface area contributed by atoms with Gasteiger partial charge in [-0.05, 0) is 61.0 Å². The molecule has 0 radical (unpaired) electrons. The number of hydrogen-bond acceptors (Lipinski definition) is 4. The molecule has 0 amide bonds. The minimum atomic E-state index is -0.406. The summed E-state index contributed by atoms with van der Waals surface area (Å²) < 4.78 is 10.0. The molecular weight excluding hydrogens is 324 g/mol. The molecule has 0 spiro atoms. The van der Waals surface area contributed by atoms with E-state index in [1.54, 1.807) is 12.1 Å². The Morgan fingerprint density at radius 2 is 2.12 bits per heavy atom. The first kappa shape index (κ1) is 17.0. The summed E-state index contributed by atoms with van der Waals surface area (Å²) in [5, 5.41) is 7.37. The topological polar surface area (TPSA) is 59.6 Å². The lowest BCUT2D eigenvalue weighted by Gasteiger charge is -2.24. The minimum absolute atomic E-state index is 0.406. The van der Waals surface area contributed by atoms with E-state index in [2.05, 4.69) is 10.6 Å². The summed E-state index contributed by atoms with van der Waals surface area (Å²) in [6, 6.07) is 5.98. The fraction of sp³-hybridized carbons (Fsp3) is 0.556. The van der Waals surface area contributed by atoms with E-state index in [4.69, 9.17) is 21.7 Å². The lowest BCUT2D eigenvalue weighted by Crippen LogP contribution is -2.43. The molecular formula is C18H24N2O3S. The van der Waals surface area contributed by atoms with Crippen molar-refractivity contribution in [1.82, 2.24) is 10.6 Å². The van der Waals surface area contributed by atoms with Gasteiger partial charge in [0.1, 0.15) is 11.3 Å². The van der Waals surface area contributed by atoms with E-state index in [0.717, 1.165) is 17.4 Å². The molecule has 5 nitrogen and oxygen atoms in total. The standard InChI is InChI=1S/C18H24N2O3S/c1-22-16-6-4-12(8-14(16)17(21)23-2)10-19-18(24)20-15-9-11-3-5-13(15)7-11/h4,6,8,11,13,15H,3,5,7,9-10H2,1-2H3,(H2,19,20,24). The predicted molar refractivity (Wildman–Crippen MR) is 96.1 cm³/mol. The van der Waals surface area contributed by atoms with Crippen molar-refractivity contribution in [2.24, 2.45) is 11.8 Å². The Kier molecular flexibility index (Phi) is 5.23. The molecule has 3 atom stereocenters. The van der Waals surface area contributed by atoms with Gasteiger partial charge in [0.2, 0.25) is 0 Å². The van der Waals surface area contributed by atoms with Crippen LogP contribution >= 0.6 is 12.2 Å². The quantitative estimate of drug-likeness (QED) is 0.630. The minimum Gasteiger partial charge on any atom is -0.496 e. The van der Waals surface area contributed by atoms with Crippen LogP contribution in [0.4, 0.5) is 0 Å². The van der Waals surface area contributed by atoms with E-state index < -0.39 is 5.97 Å². The van der Waals surface area contributed by atoms with Crippen LogP contribution < -0.4 is 15.4 Å². The molecule has 3 rings (SSSR count). The summed E-state index contributed by atoms with van der Waals surface area (Å²) in [7, 11) is 2.90. The first-order chi connectivity index (χ1) is 11.6. The molecule has 0 saturated heterocycles. The zero-order chi connectivity index (χ0) is 17.1. The first-order valence-corrected chi connectivity index (χ1v) is 8.81. The van der Waals surface area contributed by atoms with Gasteiger partial charge in [0.25, 0.3) is 0 Å². The maximum Gasteiger partial charge on any atom is 0.341 e. The van der Waals surface area contributed by atoms with Crippen molar-refractivity contribution >= 4 is 23.3 Å². The smallest absolute Gasteiger partial charge is 0.341 e. The fourth-order valence-corrected chi connectivity index (χ4v) is 4.18. The monoisotopic (exact) mass is 348 g/mol. The van der Waals surface area contributed by atoms with Gasteiger partial charge in [0.15, 0.2) is 5.11 Å². The molecule has 2 bridgehead atoms. The lowest BCUT2D eigenvalue weighted by atomic mass is 9.96. The molecule has 24 heavy (non-hydrogen) atoms. The summed E-state index contributed by atoms with van der Waals surface area (Å²) in [5.74, 6) is 1.77. The maximum absolute atomic E-state index is 11.8. The highest BCUT2D eigenvalue weighted by molar-refractivity contribution is 7.80. The number of esters is 1. The second kappa shape index (κ2) is 7.38. The highest BCUT2D eigenvalue weighted by atomic mass is 32.1. The second-order valence-electron chi connectivity index (χ2n) is 6.63. The van der Waals surface area contributed by atoms with Gasteiger partial charge < -0.3 is 20.1 Å². The van der Waals surface area contributed by atoms with Gasteiger partial charge in [-0.15, -0.1) is 0 Å². The van der Waals surface area contributed by atoms with Gasteiger partial charge in [0, 0.05) is 12.6 Å².